The number of rotatable bonds is 7. The van der Waals surface area contributed by atoms with Gasteiger partial charge in [-0.15, -0.1) is 0 Å². The van der Waals surface area contributed by atoms with E-state index in [1.54, 1.807) is 19.9 Å². The van der Waals surface area contributed by atoms with Crippen LogP contribution in [0.15, 0.2) is 12.2 Å². The Morgan fingerprint density at radius 1 is 1.26 bits per heavy atom. The number of hydrogen-bond donors (Lipinski definition) is 2. The van der Waals surface area contributed by atoms with E-state index in [0.717, 1.165) is 19.3 Å². The molecule has 0 aromatic carbocycles. The lowest BCUT2D eigenvalue weighted by atomic mass is 9.90. The average molecular weight is 390 g/mol. The summed E-state index contributed by atoms with van der Waals surface area (Å²) in [7, 11) is 0. The van der Waals surface area contributed by atoms with Crippen molar-refractivity contribution in [3.63, 3.8) is 0 Å². The standard InChI is InChI=1S/C20H32F2O5/c1-12(2)11-20(21,22)17(23)7-6-13-14-9-18(24)26-16(14)10-15(13)27-19-5-3-4-8-25-19/h6-7,12-19,23-24H,3-5,8-11H2,1-2H3/b7-6+/t13-,14?,15-,16+,17?,18-,19?/m1/s1. The van der Waals surface area contributed by atoms with Crippen molar-refractivity contribution in [3.05, 3.63) is 12.2 Å². The third-order valence-electron chi connectivity index (χ3n) is 5.76. The average Bonchev–Trinajstić information content (AvgIpc) is 3.08. The van der Waals surface area contributed by atoms with Crippen LogP contribution in [0.5, 0.6) is 0 Å². The summed E-state index contributed by atoms with van der Waals surface area (Å²) in [5.41, 5.74) is 0. The third kappa shape index (κ3) is 5.26. The normalized spacial score (nSPS) is 38.6. The van der Waals surface area contributed by atoms with E-state index in [9.17, 15) is 19.0 Å². The van der Waals surface area contributed by atoms with Crippen molar-refractivity contribution in [3.8, 4) is 0 Å². The molecule has 0 spiro atoms. The smallest absolute Gasteiger partial charge is 0.277 e. The van der Waals surface area contributed by atoms with E-state index < -0.39 is 18.3 Å². The summed E-state index contributed by atoms with van der Waals surface area (Å²) in [4.78, 5) is 0. The Bertz CT molecular complexity index is 507. The van der Waals surface area contributed by atoms with E-state index >= 15 is 0 Å². The molecule has 7 heteroatoms. The molecular formula is C20H32F2O5. The lowest BCUT2D eigenvalue weighted by Gasteiger charge is -2.29. The van der Waals surface area contributed by atoms with E-state index in [1.807, 2.05) is 0 Å². The fourth-order valence-corrected chi connectivity index (χ4v) is 4.51. The van der Waals surface area contributed by atoms with Gasteiger partial charge in [-0.2, -0.15) is 0 Å². The van der Waals surface area contributed by atoms with Crippen LogP contribution >= 0.6 is 0 Å². The Balaban J connectivity index is 1.67. The summed E-state index contributed by atoms with van der Waals surface area (Å²) in [5.74, 6) is -3.58. The van der Waals surface area contributed by atoms with Crippen LogP contribution in [-0.4, -0.2) is 53.6 Å². The molecule has 1 aliphatic carbocycles. The highest BCUT2D eigenvalue weighted by Gasteiger charge is 2.50. The Morgan fingerprint density at radius 3 is 2.70 bits per heavy atom. The van der Waals surface area contributed by atoms with Crippen LogP contribution in [-0.2, 0) is 14.2 Å². The highest BCUT2D eigenvalue weighted by atomic mass is 19.3. The van der Waals surface area contributed by atoms with Gasteiger partial charge < -0.3 is 24.4 Å². The van der Waals surface area contributed by atoms with E-state index in [4.69, 9.17) is 14.2 Å². The van der Waals surface area contributed by atoms with Gasteiger partial charge >= 0.3 is 0 Å². The molecule has 0 amide bonds. The van der Waals surface area contributed by atoms with Crippen molar-refractivity contribution in [2.24, 2.45) is 17.8 Å². The molecule has 3 fully saturated rings. The van der Waals surface area contributed by atoms with Crippen LogP contribution in [0.1, 0.15) is 52.4 Å². The van der Waals surface area contributed by atoms with Crippen molar-refractivity contribution in [2.75, 3.05) is 6.61 Å². The maximum atomic E-state index is 14.1. The number of ether oxygens (including phenoxy) is 3. The first-order valence-corrected chi connectivity index (χ1v) is 10.1. The molecule has 2 aliphatic heterocycles. The fraction of sp³-hybridized carbons (Fsp3) is 0.900. The highest BCUT2D eigenvalue weighted by Crippen LogP contribution is 2.45. The molecule has 3 aliphatic rings. The van der Waals surface area contributed by atoms with Gasteiger partial charge in [0.25, 0.3) is 5.92 Å². The zero-order chi connectivity index (χ0) is 19.6. The summed E-state index contributed by atoms with van der Waals surface area (Å²) in [6.45, 7) is 4.08. The number of aliphatic hydroxyl groups excluding tert-OH is 2. The topological polar surface area (TPSA) is 68.2 Å². The molecule has 2 heterocycles. The number of aliphatic hydroxyl groups is 2. The van der Waals surface area contributed by atoms with Crippen LogP contribution in [0.25, 0.3) is 0 Å². The lowest BCUT2D eigenvalue weighted by Crippen LogP contribution is -2.34. The molecule has 2 saturated heterocycles. The van der Waals surface area contributed by atoms with Gasteiger partial charge in [0.05, 0.1) is 12.2 Å². The van der Waals surface area contributed by atoms with Crippen LogP contribution in [0.2, 0.25) is 0 Å². The first-order valence-electron chi connectivity index (χ1n) is 10.1. The molecule has 2 N–H and O–H groups in total. The van der Waals surface area contributed by atoms with Gasteiger partial charge in [-0.25, -0.2) is 8.78 Å². The molecule has 5 nitrogen and oxygen atoms in total. The Hall–Kier alpha value is -0.600. The molecule has 0 radical (unpaired) electrons. The largest absolute Gasteiger partial charge is 0.383 e. The van der Waals surface area contributed by atoms with E-state index in [0.29, 0.717) is 19.4 Å². The lowest BCUT2D eigenvalue weighted by molar-refractivity contribution is -0.196. The molecule has 0 aromatic heterocycles. The van der Waals surface area contributed by atoms with E-state index in [1.165, 1.54) is 6.08 Å². The molecule has 0 aromatic rings. The van der Waals surface area contributed by atoms with Gasteiger partial charge in [0.15, 0.2) is 12.6 Å². The van der Waals surface area contributed by atoms with Crippen LogP contribution in [0.3, 0.4) is 0 Å². The molecule has 3 rings (SSSR count). The Kier molecular flexibility index (Phi) is 6.90. The van der Waals surface area contributed by atoms with Crippen LogP contribution in [0.4, 0.5) is 8.78 Å². The van der Waals surface area contributed by atoms with Crippen LogP contribution in [0, 0.1) is 17.8 Å². The van der Waals surface area contributed by atoms with Gasteiger partial charge in [0.2, 0.25) is 0 Å². The second-order valence-electron chi connectivity index (χ2n) is 8.50. The predicted molar refractivity (Wildman–Crippen MR) is 95.1 cm³/mol. The van der Waals surface area contributed by atoms with Crippen molar-refractivity contribution >= 4 is 0 Å². The van der Waals surface area contributed by atoms with Gasteiger partial charge in [-0.3, -0.25) is 0 Å². The van der Waals surface area contributed by atoms with Gasteiger partial charge in [-0.05, 0) is 31.1 Å². The maximum absolute atomic E-state index is 14.1. The molecule has 156 valence electrons. The molecule has 27 heavy (non-hydrogen) atoms. The van der Waals surface area contributed by atoms with Crippen LogP contribution < -0.4 is 0 Å². The van der Waals surface area contributed by atoms with E-state index in [2.05, 4.69) is 0 Å². The summed E-state index contributed by atoms with van der Waals surface area (Å²) in [6, 6.07) is 0. The molecular weight excluding hydrogens is 358 g/mol. The number of alkyl halides is 2. The first kappa shape index (κ1) is 21.1. The number of hydrogen-bond acceptors (Lipinski definition) is 5. The summed E-state index contributed by atoms with van der Waals surface area (Å²) in [5, 5.41) is 19.8. The molecule has 3 unspecified atom stereocenters. The quantitative estimate of drug-likeness (QED) is 0.653. The molecule has 7 atom stereocenters. The summed E-state index contributed by atoms with van der Waals surface area (Å²) >= 11 is 0. The minimum atomic E-state index is -3.17. The molecule has 1 saturated carbocycles. The summed E-state index contributed by atoms with van der Waals surface area (Å²) in [6.07, 6.45) is 3.06. The second kappa shape index (κ2) is 8.82. The highest BCUT2D eigenvalue weighted by molar-refractivity contribution is 5.08. The van der Waals surface area contributed by atoms with Gasteiger partial charge in [0.1, 0.15) is 6.10 Å². The summed E-state index contributed by atoms with van der Waals surface area (Å²) < 4.78 is 45.6. The van der Waals surface area contributed by atoms with Gasteiger partial charge in [0, 0.05) is 31.8 Å². The van der Waals surface area contributed by atoms with Crippen molar-refractivity contribution in [1.29, 1.82) is 0 Å². The minimum absolute atomic E-state index is 0.00392. The zero-order valence-electron chi connectivity index (χ0n) is 16.1. The second-order valence-corrected chi connectivity index (χ2v) is 8.50. The Labute approximate surface area is 159 Å². The first-order chi connectivity index (χ1) is 12.8. The van der Waals surface area contributed by atoms with Crippen molar-refractivity contribution in [1.82, 2.24) is 0 Å². The monoisotopic (exact) mass is 390 g/mol. The predicted octanol–water partition coefficient (Wildman–Crippen LogP) is 3.24. The zero-order valence-corrected chi connectivity index (χ0v) is 16.1. The fourth-order valence-electron chi connectivity index (χ4n) is 4.51. The van der Waals surface area contributed by atoms with E-state index in [-0.39, 0.29) is 42.7 Å². The third-order valence-corrected chi connectivity index (χ3v) is 5.76. The number of fused-ring (bicyclic) bond motifs is 1. The Morgan fingerprint density at radius 2 is 2.04 bits per heavy atom. The van der Waals surface area contributed by atoms with Crippen molar-refractivity contribution in [2.45, 2.75) is 89.2 Å². The van der Waals surface area contributed by atoms with Crippen molar-refractivity contribution < 1.29 is 33.2 Å². The SMILES string of the molecule is CC(C)CC(F)(F)C(O)/C=C/[C@@H]1C2C[C@H](O)O[C@H]2C[C@H]1OC1CCCCO1. The number of halogens is 2. The maximum Gasteiger partial charge on any atom is 0.277 e. The molecule has 0 bridgehead atoms. The van der Waals surface area contributed by atoms with Gasteiger partial charge in [-0.1, -0.05) is 26.0 Å². The minimum Gasteiger partial charge on any atom is -0.383 e.